The Hall–Kier alpha value is -1.22. The van der Waals surface area contributed by atoms with Crippen LogP contribution in [-0.4, -0.2) is 13.1 Å². The van der Waals surface area contributed by atoms with Crippen molar-refractivity contribution >= 4 is 23.3 Å². The highest BCUT2D eigenvalue weighted by atomic mass is 35.5. The summed E-state index contributed by atoms with van der Waals surface area (Å²) in [5.74, 6) is -0.436. The fourth-order valence-electron chi connectivity index (χ4n) is 0.936. The molecule has 0 aliphatic carbocycles. The number of carbonyl (C=O) groups is 1. The number of benzene rings is 1. The van der Waals surface area contributed by atoms with Crippen LogP contribution in [0.4, 0.5) is 5.69 Å². The Kier molecular flexibility index (Phi) is 15.0. The standard InChI is InChI=1S/C9H10ClNO2.2C2H6.CH4/c1-5-7(10)3-6(4-8(5)11)9(12)13-2;2*1-2;/h3-4H,11H2,1-2H3;2*1-2H3;1H4. The fourth-order valence-corrected chi connectivity index (χ4v) is 1.16. The molecular formula is C14H26ClNO2. The number of halogens is 1. The van der Waals surface area contributed by atoms with E-state index in [-0.39, 0.29) is 7.43 Å². The number of hydrogen-bond donors (Lipinski definition) is 1. The summed E-state index contributed by atoms with van der Waals surface area (Å²) in [6.07, 6.45) is 0. The monoisotopic (exact) mass is 275 g/mol. The third-order valence-corrected chi connectivity index (χ3v) is 2.20. The summed E-state index contributed by atoms with van der Waals surface area (Å²) in [6, 6.07) is 3.09. The van der Waals surface area contributed by atoms with Crippen LogP contribution in [0.25, 0.3) is 0 Å². The number of nitrogens with two attached hydrogens (primary N) is 1. The van der Waals surface area contributed by atoms with Gasteiger partial charge < -0.3 is 10.5 Å². The van der Waals surface area contributed by atoms with Gasteiger partial charge in [-0.15, -0.1) is 0 Å². The summed E-state index contributed by atoms with van der Waals surface area (Å²) < 4.78 is 4.53. The van der Waals surface area contributed by atoms with Gasteiger partial charge in [-0.3, -0.25) is 0 Å². The molecule has 0 aromatic heterocycles. The van der Waals surface area contributed by atoms with Gasteiger partial charge in [-0.2, -0.15) is 0 Å². The highest BCUT2D eigenvalue weighted by Crippen LogP contribution is 2.23. The van der Waals surface area contributed by atoms with E-state index in [0.29, 0.717) is 16.3 Å². The normalized spacial score (nSPS) is 7.72. The van der Waals surface area contributed by atoms with Crippen LogP contribution in [0.3, 0.4) is 0 Å². The van der Waals surface area contributed by atoms with Crippen LogP contribution in [0.1, 0.15) is 51.0 Å². The van der Waals surface area contributed by atoms with Crippen molar-refractivity contribution in [2.45, 2.75) is 42.0 Å². The van der Waals surface area contributed by atoms with Crippen molar-refractivity contribution in [3.05, 3.63) is 28.3 Å². The Balaban J connectivity index is -0.000000409. The molecule has 0 amide bonds. The summed E-state index contributed by atoms with van der Waals surface area (Å²) in [6.45, 7) is 9.79. The van der Waals surface area contributed by atoms with Crippen LogP contribution >= 0.6 is 11.6 Å². The molecule has 2 N–H and O–H groups in total. The van der Waals surface area contributed by atoms with Crippen LogP contribution in [-0.2, 0) is 4.74 Å². The molecule has 1 rings (SSSR count). The van der Waals surface area contributed by atoms with E-state index >= 15 is 0 Å². The second kappa shape index (κ2) is 12.2. The number of carbonyl (C=O) groups excluding carboxylic acids is 1. The molecule has 0 heterocycles. The van der Waals surface area contributed by atoms with E-state index < -0.39 is 5.97 Å². The maximum absolute atomic E-state index is 11.1. The summed E-state index contributed by atoms with van der Waals surface area (Å²) in [7, 11) is 1.31. The minimum atomic E-state index is -0.436. The minimum absolute atomic E-state index is 0. The number of esters is 1. The second-order valence-electron chi connectivity index (χ2n) is 2.66. The zero-order chi connectivity index (χ0) is 14.0. The lowest BCUT2D eigenvalue weighted by Crippen LogP contribution is -2.03. The van der Waals surface area contributed by atoms with Gasteiger partial charge in [-0.25, -0.2) is 4.79 Å². The molecule has 0 saturated heterocycles. The van der Waals surface area contributed by atoms with Gasteiger partial charge in [0.25, 0.3) is 0 Å². The van der Waals surface area contributed by atoms with Crippen LogP contribution < -0.4 is 5.73 Å². The topological polar surface area (TPSA) is 52.3 Å². The highest BCUT2D eigenvalue weighted by Gasteiger charge is 2.09. The van der Waals surface area contributed by atoms with Crippen LogP contribution in [0.2, 0.25) is 5.02 Å². The molecule has 0 aliphatic heterocycles. The quantitative estimate of drug-likeness (QED) is 0.597. The van der Waals surface area contributed by atoms with E-state index in [9.17, 15) is 4.79 Å². The van der Waals surface area contributed by atoms with E-state index in [4.69, 9.17) is 17.3 Å². The smallest absolute Gasteiger partial charge is 0.337 e. The predicted molar refractivity (Wildman–Crippen MR) is 81.4 cm³/mol. The minimum Gasteiger partial charge on any atom is -0.465 e. The largest absolute Gasteiger partial charge is 0.465 e. The van der Waals surface area contributed by atoms with Crippen molar-refractivity contribution < 1.29 is 9.53 Å². The number of nitrogen functional groups attached to an aromatic ring is 1. The number of rotatable bonds is 1. The lowest BCUT2D eigenvalue weighted by atomic mass is 10.1. The highest BCUT2D eigenvalue weighted by molar-refractivity contribution is 6.32. The van der Waals surface area contributed by atoms with E-state index in [1.165, 1.54) is 7.11 Å². The first-order chi connectivity index (χ1) is 8.06. The van der Waals surface area contributed by atoms with E-state index in [2.05, 4.69) is 4.74 Å². The van der Waals surface area contributed by atoms with Crippen LogP contribution in [0.15, 0.2) is 12.1 Å². The molecule has 0 unspecified atom stereocenters. The first-order valence-corrected chi connectivity index (χ1v) is 6.08. The third-order valence-electron chi connectivity index (χ3n) is 1.81. The van der Waals surface area contributed by atoms with Crippen molar-refractivity contribution in [3.63, 3.8) is 0 Å². The number of anilines is 1. The van der Waals surface area contributed by atoms with Gasteiger partial charge in [0.15, 0.2) is 0 Å². The van der Waals surface area contributed by atoms with Crippen molar-refractivity contribution in [3.8, 4) is 0 Å². The molecule has 0 bridgehead atoms. The van der Waals surface area contributed by atoms with E-state index in [1.807, 2.05) is 27.7 Å². The Morgan fingerprint density at radius 2 is 1.67 bits per heavy atom. The molecule has 1 aromatic carbocycles. The molecule has 0 atom stereocenters. The molecule has 3 nitrogen and oxygen atoms in total. The van der Waals surface area contributed by atoms with Gasteiger partial charge >= 0.3 is 5.97 Å². The lowest BCUT2D eigenvalue weighted by molar-refractivity contribution is 0.0601. The molecular weight excluding hydrogens is 250 g/mol. The average Bonchev–Trinajstić information content (AvgIpc) is 2.39. The van der Waals surface area contributed by atoms with Crippen molar-refractivity contribution in [1.82, 2.24) is 0 Å². The molecule has 0 aliphatic rings. The maximum atomic E-state index is 11.1. The number of hydrogen-bond acceptors (Lipinski definition) is 3. The Morgan fingerprint density at radius 1 is 1.22 bits per heavy atom. The molecule has 4 heteroatoms. The maximum Gasteiger partial charge on any atom is 0.337 e. The number of ether oxygens (including phenoxy) is 1. The van der Waals surface area contributed by atoms with Gasteiger partial charge in [-0.05, 0) is 24.6 Å². The van der Waals surface area contributed by atoms with E-state index in [0.717, 1.165) is 5.56 Å². The predicted octanol–water partition coefficient (Wildman–Crippen LogP) is 4.71. The number of methoxy groups -OCH3 is 1. The molecule has 1 aromatic rings. The lowest BCUT2D eigenvalue weighted by Gasteiger charge is -2.05. The summed E-state index contributed by atoms with van der Waals surface area (Å²) in [4.78, 5) is 11.1. The van der Waals surface area contributed by atoms with Gasteiger partial charge in [0.2, 0.25) is 0 Å². The Morgan fingerprint density at radius 3 is 2.00 bits per heavy atom. The third kappa shape index (κ3) is 6.50. The Bertz CT molecular complexity index is 329. The van der Waals surface area contributed by atoms with Crippen LogP contribution in [0.5, 0.6) is 0 Å². The molecule has 0 saturated carbocycles. The van der Waals surface area contributed by atoms with Crippen molar-refractivity contribution in [2.24, 2.45) is 0 Å². The second-order valence-corrected chi connectivity index (χ2v) is 3.07. The first kappa shape index (κ1) is 22.0. The zero-order valence-corrected chi connectivity index (χ0v) is 12.2. The van der Waals surface area contributed by atoms with Crippen molar-refractivity contribution in [2.75, 3.05) is 12.8 Å². The SMILES string of the molecule is C.CC.CC.COC(=O)c1cc(N)c(C)c(Cl)c1. The molecule has 0 radical (unpaired) electrons. The Labute approximate surface area is 116 Å². The van der Waals surface area contributed by atoms with Gasteiger partial charge in [-0.1, -0.05) is 46.7 Å². The summed E-state index contributed by atoms with van der Waals surface area (Å²) in [5.41, 5.74) is 7.26. The average molecular weight is 276 g/mol. The molecule has 18 heavy (non-hydrogen) atoms. The van der Waals surface area contributed by atoms with Gasteiger partial charge in [0.05, 0.1) is 12.7 Å². The molecule has 106 valence electrons. The van der Waals surface area contributed by atoms with Crippen LogP contribution in [0, 0.1) is 6.92 Å². The molecule has 0 spiro atoms. The molecule has 0 fully saturated rings. The zero-order valence-electron chi connectivity index (χ0n) is 11.4. The summed E-state index contributed by atoms with van der Waals surface area (Å²) >= 11 is 5.83. The van der Waals surface area contributed by atoms with Gasteiger partial charge in [0.1, 0.15) is 0 Å². The van der Waals surface area contributed by atoms with Crippen molar-refractivity contribution in [1.29, 1.82) is 0 Å². The van der Waals surface area contributed by atoms with E-state index in [1.54, 1.807) is 19.1 Å². The van der Waals surface area contributed by atoms with Gasteiger partial charge in [0, 0.05) is 10.7 Å². The summed E-state index contributed by atoms with van der Waals surface area (Å²) in [5, 5.41) is 0.473. The first-order valence-electron chi connectivity index (χ1n) is 5.70. The fraction of sp³-hybridized carbons (Fsp3) is 0.500.